The molecule has 50 heavy (non-hydrogen) atoms. The van der Waals surface area contributed by atoms with Crippen LogP contribution in [0.2, 0.25) is 0 Å². The zero-order valence-electron chi connectivity index (χ0n) is 28.8. The maximum absolute atomic E-state index is 5.55. The van der Waals surface area contributed by atoms with Crippen LogP contribution in [0.3, 0.4) is 0 Å². The average molecular weight is 669 g/mol. The van der Waals surface area contributed by atoms with Crippen molar-refractivity contribution in [1.82, 2.24) is 38.2 Å². The fourth-order valence-corrected chi connectivity index (χ4v) is 10.0. The summed E-state index contributed by atoms with van der Waals surface area (Å²) in [5, 5.41) is 0. The summed E-state index contributed by atoms with van der Waals surface area (Å²) in [5.74, 6) is 2.52. The van der Waals surface area contributed by atoms with Crippen LogP contribution in [-0.2, 0) is 37.2 Å². The zero-order chi connectivity index (χ0) is 32.8. The first kappa shape index (κ1) is 29.6. The molecule has 3 fully saturated rings. The lowest BCUT2D eigenvalue weighted by molar-refractivity contribution is -0.694. The molecule has 3 atom stereocenters. The van der Waals surface area contributed by atoms with E-state index in [0.717, 1.165) is 95.9 Å². The monoisotopic (exact) mass is 668 g/mol. The Hall–Kier alpha value is -4.09. The highest BCUT2D eigenvalue weighted by molar-refractivity contribution is 5.83. The SMILES string of the molecule is c1cc2c(cc1CN1CCOCC1)nc1n2CCN2CC([n+]3ccn4cc(-c5ccc6c(c5)nc5n6CCN6CCCC6C5)ccc43)CC2C1. The molecule has 0 aliphatic carbocycles. The normalized spacial score (nSPS) is 24.8. The number of imidazole rings is 3. The van der Waals surface area contributed by atoms with Crippen LogP contribution in [0.25, 0.3) is 38.8 Å². The lowest BCUT2D eigenvalue weighted by Gasteiger charge is -2.26. The fourth-order valence-electron chi connectivity index (χ4n) is 10.0. The molecule has 2 aromatic carbocycles. The molecule has 0 radical (unpaired) electrons. The minimum atomic E-state index is 0.458. The van der Waals surface area contributed by atoms with Gasteiger partial charge in [-0.1, -0.05) is 12.1 Å². The summed E-state index contributed by atoms with van der Waals surface area (Å²) >= 11 is 0. The van der Waals surface area contributed by atoms with Gasteiger partial charge < -0.3 is 13.9 Å². The lowest BCUT2D eigenvalue weighted by Crippen LogP contribution is -2.40. The van der Waals surface area contributed by atoms with E-state index in [0.29, 0.717) is 18.1 Å². The molecule has 0 saturated carbocycles. The summed E-state index contributed by atoms with van der Waals surface area (Å²) in [4.78, 5) is 18.3. The van der Waals surface area contributed by atoms with Crippen molar-refractivity contribution in [3.8, 4) is 11.1 Å². The van der Waals surface area contributed by atoms with Crippen molar-refractivity contribution < 1.29 is 9.30 Å². The van der Waals surface area contributed by atoms with Gasteiger partial charge in [0.25, 0.3) is 5.65 Å². The highest BCUT2D eigenvalue weighted by Crippen LogP contribution is 2.33. The average Bonchev–Trinajstić information content (AvgIpc) is 3.95. The number of hydrogen-bond acceptors (Lipinski definition) is 6. The van der Waals surface area contributed by atoms with Gasteiger partial charge in [-0.3, -0.25) is 14.7 Å². The first-order chi connectivity index (χ1) is 24.7. The van der Waals surface area contributed by atoms with Gasteiger partial charge in [-0.15, -0.1) is 0 Å². The van der Waals surface area contributed by atoms with E-state index >= 15 is 0 Å². The van der Waals surface area contributed by atoms with Crippen molar-refractivity contribution >= 4 is 27.7 Å². The van der Waals surface area contributed by atoms with Crippen molar-refractivity contribution in [2.75, 3.05) is 52.5 Å². The van der Waals surface area contributed by atoms with E-state index in [2.05, 4.69) is 99.9 Å². The molecule has 0 bridgehead atoms. The van der Waals surface area contributed by atoms with E-state index in [9.17, 15) is 0 Å². The Morgan fingerprint density at radius 3 is 2.36 bits per heavy atom. The summed E-state index contributed by atoms with van der Waals surface area (Å²) in [6, 6.07) is 20.1. The molecule has 256 valence electrons. The molecular formula is C40H46N9O+. The van der Waals surface area contributed by atoms with Gasteiger partial charge in [-0.2, -0.15) is 0 Å². The molecule has 4 aromatic heterocycles. The third kappa shape index (κ3) is 4.94. The van der Waals surface area contributed by atoms with Crippen molar-refractivity contribution in [2.24, 2.45) is 0 Å². The second kappa shape index (κ2) is 11.7. The predicted octanol–water partition coefficient (Wildman–Crippen LogP) is 4.32. The Morgan fingerprint density at radius 2 is 1.50 bits per heavy atom. The highest BCUT2D eigenvalue weighted by atomic mass is 16.5. The molecule has 3 unspecified atom stereocenters. The first-order valence-corrected chi connectivity index (χ1v) is 19.0. The van der Waals surface area contributed by atoms with Gasteiger partial charge in [0.05, 0.1) is 35.3 Å². The van der Waals surface area contributed by atoms with E-state index in [4.69, 9.17) is 14.7 Å². The molecule has 0 N–H and O–H groups in total. The van der Waals surface area contributed by atoms with Crippen LogP contribution in [0, 0.1) is 0 Å². The standard InChI is InChI=1S/C40H46N9O/c1-2-31-23-38-42-35-21-29(4-7-37(35)48(38)14-10-44(31)9-1)30-5-8-40-46(26-30)12-13-47(40)33-22-32-24-39-41-34-20-28(25-43-16-18-50-19-17-43)3-6-36(34)49(39)15-11-45(32)27-33/h3-8,12-13,20-21,26,31-33H,1-2,9-11,14-19,22-25,27H2/q+1. The fraction of sp³-hybridized carbons (Fsp3) is 0.475. The lowest BCUT2D eigenvalue weighted by atomic mass is 10.1. The Balaban J connectivity index is 0.817. The van der Waals surface area contributed by atoms with Gasteiger partial charge in [-0.05, 0) is 60.8 Å². The van der Waals surface area contributed by atoms with Crippen LogP contribution in [-0.4, -0.2) is 103 Å². The Kier molecular flexibility index (Phi) is 6.95. The summed E-state index contributed by atoms with van der Waals surface area (Å²) in [6.45, 7) is 11.3. The van der Waals surface area contributed by atoms with Gasteiger partial charge >= 0.3 is 0 Å². The van der Waals surface area contributed by atoms with Crippen molar-refractivity contribution in [2.45, 2.75) is 69.9 Å². The van der Waals surface area contributed by atoms with Gasteiger partial charge in [0.2, 0.25) is 0 Å². The number of rotatable bonds is 4. The molecule has 11 rings (SSSR count). The predicted molar refractivity (Wildman–Crippen MR) is 193 cm³/mol. The molecule has 9 heterocycles. The van der Waals surface area contributed by atoms with Gasteiger partial charge in [0.1, 0.15) is 36.3 Å². The Bertz CT molecular complexity index is 2240. The van der Waals surface area contributed by atoms with Crippen molar-refractivity contribution in [3.05, 3.63) is 84.3 Å². The number of hydrogen-bond donors (Lipinski definition) is 0. The van der Waals surface area contributed by atoms with Crippen LogP contribution < -0.4 is 4.57 Å². The summed E-state index contributed by atoms with van der Waals surface area (Å²) < 4.78 is 15.3. The third-order valence-corrected chi connectivity index (χ3v) is 12.6. The Labute approximate surface area is 292 Å². The van der Waals surface area contributed by atoms with Gasteiger partial charge in [0, 0.05) is 95.3 Å². The number of fused-ring (bicyclic) bond motifs is 9. The molecule has 0 spiro atoms. The molecule has 10 nitrogen and oxygen atoms in total. The van der Waals surface area contributed by atoms with E-state index in [1.807, 2.05) is 0 Å². The molecule has 3 saturated heterocycles. The van der Waals surface area contributed by atoms with E-state index < -0.39 is 0 Å². The number of morpholine rings is 1. The molecular weight excluding hydrogens is 623 g/mol. The quantitative estimate of drug-likeness (QED) is 0.261. The van der Waals surface area contributed by atoms with E-state index in [1.165, 1.54) is 64.4 Å². The Morgan fingerprint density at radius 1 is 0.740 bits per heavy atom. The summed E-state index contributed by atoms with van der Waals surface area (Å²) in [6.07, 6.45) is 12.7. The highest BCUT2D eigenvalue weighted by Gasteiger charge is 2.39. The van der Waals surface area contributed by atoms with Crippen LogP contribution in [0.1, 0.15) is 42.5 Å². The minimum absolute atomic E-state index is 0.458. The number of benzene rings is 2. The first-order valence-electron chi connectivity index (χ1n) is 19.0. The van der Waals surface area contributed by atoms with Crippen molar-refractivity contribution in [1.29, 1.82) is 0 Å². The van der Waals surface area contributed by atoms with Gasteiger partial charge in [-0.25, -0.2) is 18.9 Å². The van der Waals surface area contributed by atoms with Gasteiger partial charge in [0.15, 0.2) is 0 Å². The maximum Gasteiger partial charge on any atom is 0.286 e. The van der Waals surface area contributed by atoms with E-state index in [-0.39, 0.29) is 0 Å². The summed E-state index contributed by atoms with van der Waals surface area (Å²) in [5.41, 5.74) is 9.93. The molecule has 10 heteroatoms. The number of ether oxygens (including phenoxy) is 1. The van der Waals surface area contributed by atoms with Crippen LogP contribution in [0.15, 0.2) is 67.1 Å². The number of aromatic nitrogens is 6. The molecule has 0 amide bonds. The second-order valence-corrected chi connectivity index (χ2v) is 15.4. The number of nitrogens with zero attached hydrogens (tertiary/aromatic N) is 9. The number of pyridine rings is 1. The molecule has 5 aliphatic heterocycles. The van der Waals surface area contributed by atoms with Crippen LogP contribution in [0.5, 0.6) is 0 Å². The molecule has 6 aromatic rings. The molecule has 5 aliphatic rings. The van der Waals surface area contributed by atoms with Crippen LogP contribution in [0.4, 0.5) is 0 Å². The zero-order valence-corrected chi connectivity index (χ0v) is 28.8. The third-order valence-electron chi connectivity index (χ3n) is 12.6. The second-order valence-electron chi connectivity index (χ2n) is 15.4. The minimum Gasteiger partial charge on any atom is -0.379 e. The topological polar surface area (TPSA) is 62.9 Å². The smallest absolute Gasteiger partial charge is 0.286 e. The van der Waals surface area contributed by atoms with Crippen LogP contribution >= 0.6 is 0 Å². The van der Waals surface area contributed by atoms with Crippen molar-refractivity contribution in [3.63, 3.8) is 0 Å². The largest absolute Gasteiger partial charge is 0.379 e. The maximum atomic E-state index is 5.55. The summed E-state index contributed by atoms with van der Waals surface area (Å²) in [7, 11) is 0. The van der Waals surface area contributed by atoms with E-state index in [1.54, 1.807) is 0 Å².